The van der Waals surface area contributed by atoms with Gasteiger partial charge in [0.25, 0.3) is 0 Å². The summed E-state index contributed by atoms with van der Waals surface area (Å²) in [5.74, 6) is 0.661. The maximum absolute atomic E-state index is 10.4. The average Bonchev–Trinajstić information content (AvgIpc) is 2.36. The van der Waals surface area contributed by atoms with E-state index in [2.05, 4.69) is 23.1 Å². The molecule has 1 aromatic rings. The number of aromatic nitrogens is 2. The minimum Gasteiger partial charge on any atom is -0.478 e. The Morgan fingerprint density at radius 1 is 1.56 bits per heavy atom. The van der Waals surface area contributed by atoms with Crippen LogP contribution in [-0.2, 0) is 4.79 Å². The molecular weight excluding hydrogens is 250 g/mol. The molecule has 1 heterocycles. The number of hydrogen-bond acceptors (Lipinski definition) is 5. The van der Waals surface area contributed by atoms with Crippen molar-refractivity contribution in [2.75, 3.05) is 24.0 Å². The van der Waals surface area contributed by atoms with Crippen molar-refractivity contribution in [3.05, 3.63) is 24.0 Å². The summed E-state index contributed by atoms with van der Waals surface area (Å²) in [4.78, 5) is 20.8. The van der Waals surface area contributed by atoms with Crippen LogP contribution in [0.2, 0.25) is 0 Å². The molecule has 0 aliphatic heterocycles. The number of hydrogen-bond donors (Lipinski definition) is 1. The van der Waals surface area contributed by atoms with Crippen LogP contribution in [0.1, 0.15) is 12.5 Å². The van der Waals surface area contributed by atoms with Crippen molar-refractivity contribution >= 4 is 29.8 Å². The Balaban J connectivity index is 2.73. The Labute approximate surface area is 111 Å². The molecule has 0 aliphatic carbocycles. The van der Waals surface area contributed by atoms with Crippen molar-refractivity contribution in [3.63, 3.8) is 0 Å². The van der Waals surface area contributed by atoms with E-state index in [9.17, 15) is 4.79 Å². The molecule has 0 spiro atoms. The number of carbonyl (C=O) groups is 1. The quantitative estimate of drug-likeness (QED) is 0.792. The van der Waals surface area contributed by atoms with Crippen LogP contribution >= 0.6 is 11.8 Å². The number of thioether (sulfide) groups is 1. The molecule has 0 amide bonds. The second-order valence-electron chi connectivity index (χ2n) is 3.90. The molecule has 98 valence electrons. The molecule has 0 saturated heterocycles. The van der Waals surface area contributed by atoms with Gasteiger partial charge in [0.2, 0.25) is 5.95 Å². The van der Waals surface area contributed by atoms with Gasteiger partial charge < -0.3 is 10.0 Å². The second-order valence-corrected chi connectivity index (χ2v) is 4.81. The maximum atomic E-state index is 10.4. The van der Waals surface area contributed by atoms with E-state index in [0.717, 1.165) is 11.8 Å². The fourth-order valence-corrected chi connectivity index (χ4v) is 2.02. The first-order valence-electron chi connectivity index (χ1n) is 5.49. The number of aliphatic carboxylic acids is 1. The third-order valence-corrected chi connectivity index (χ3v) is 3.28. The van der Waals surface area contributed by atoms with Gasteiger partial charge in [0.05, 0.1) is 0 Å². The minimum absolute atomic E-state index is 0.348. The van der Waals surface area contributed by atoms with Crippen molar-refractivity contribution < 1.29 is 9.90 Å². The molecule has 0 saturated carbocycles. The minimum atomic E-state index is -0.982. The number of carboxylic acid groups (broad SMARTS) is 1. The fraction of sp³-hybridized carbons (Fsp3) is 0.417. The Hall–Kier alpha value is -1.56. The second kappa shape index (κ2) is 7.00. The van der Waals surface area contributed by atoms with Crippen molar-refractivity contribution in [3.8, 4) is 0 Å². The first-order valence-corrected chi connectivity index (χ1v) is 6.88. The van der Waals surface area contributed by atoms with Gasteiger partial charge in [-0.1, -0.05) is 0 Å². The normalized spacial score (nSPS) is 12.6. The van der Waals surface area contributed by atoms with E-state index in [1.54, 1.807) is 24.2 Å². The van der Waals surface area contributed by atoms with Crippen LogP contribution in [0.15, 0.2) is 18.5 Å². The Morgan fingerprint density at radius 3 is 2.67 bits per heavy atom. The molecule has 1 aromatic heterocycles. The van der Waals surface area contributed by atoms with E-state index in [-0.39, 0.29) is 0 Å². The van der Waals surface area contributed by atoms with Gasteiger partial charge in [-0.15, -0.1) is 0 Å². The molecule has 18 heavy (non-hydrogen) atoms. The van der Waals surface area contributed by atoms with Gasteiger partial charge in [0.15, 0.2) is 0 Å². The highest BCUT2D eigenvalue weighted by molar-refractivity contribution is 7.98. The molecule has 1 rings (SSSR count). The zero-order valence-electron chi connectivity index (χ0n) is 10.7. The van der Waals surface area contributed by atoms with Crippen molar-refractivity contribution in [1.29, 1.82) is 0 Å². The van der Waals surface area contributed by atoms with Gasteiger partial charge in [-0.3, -0.25) is 0 Å². The summed E-state index contributed by atoms with van der Waals surface area (Å²) >= 11 is 1.77. The van der Waals surface area contributed by atoms with Gasteiger partial charge in [0, 0.05) is 42.9 Å². The summed E-state index contributed by atoms with van der Waals surface area (Å²) in [6, 6.07) is 0.348. The first-order chi connectivity index (χ1) is 8.54. The van der Waals surface area contributed by atoms with Crippen LogP contribution in [0.3, 0.4) is 0 Å². The Bertz CT molecular complexity index is 420. The predicted octanol–water partition coefficient (Wildman–Crippen LogP) is 1.76. The topological polar surface area (TPSA) is 66.3 Å². The zero-order valence-corrected chi connectivity index (χ0v) is 11.5. The first kappa shape index (κ1) is 14.5. The summed E-state index contributed by atoms with van der Waals surface area (Å²) in [6.07, 6.45) is 7.83. The largest absolute Gasteiger partial charge is 0.478 e. The van der Waals surface area contributed by atoms with Gasteiger partial charge in [-0.2, -0.15) is 11.8 Å². The van der Waals surface area contributed by atoms with Gasteiger partial charge in [0.1, 0.15) is 0 Å². The third kappa shape index (κ3) is 4.37. The third-order valence-electron chi connectivity index (χ3n) is 2.46. The van der Waals surface area contributed by atoms with Crippen molar-refractivity contribution in [2.45, 2.75) is 13.0 Å². The molecule has 1 atom stereocenters. The highest BCUT2D eigenvalue weighted by Gasteiger charge is 2.11. The summed E-state index contributed by atoms with van der Waals surface area (Å²) in [7, 11) is 1.95. The van der Waals surface area contributed by atoms with Gasteiger partial charge >= 0.3 is 5.97 Å². The molecule has 1 unspecified atom stereocenters. The van der Waals surface area contributed by atoms with Crippen LogP contribution in [0.25, 0.3) is 6.08 Å². The molecule has 0 bridgehead atoms. The smallest absolute Gasteiger partial charge is 0.328 e. The summed E-state index contributed by atoms with van der Waals surface area (Å²) in [5.41, 5.74) is 0.673. The maximum Gasteiger partial charge on any atom is 0.328 e. The lowest BCUT2D eigenvalue weighted by Crippen LogP contribution is -2.32. The van der Waals surface area contributed by atoms with Crippen molar-refractivity contribution in [2.24, 2.45) is 0 Å². The standard InChI is InChI=1S/C12H17N3O2S/c1-9(8-18-3)15(2)12-13-6-10(7-14-12)4-5-11(16)17/h4-7,9H,8H2,1-3H3,(H,16,17)/b5-4+. The van der Waals surface area contributed by atoms with E-state index >= 15 is 0 Å². The van der Waals surface area contributed by atoms with E-state index in [1.807, 2.05) is 11.9 Å². The van der Waals surface area contributed by atoms with Crippen LogP contribution < -0.4 is 4.90 Å². The van der Waals surface area contributed by atoms with Gasteiger partial charge in [-0.05, 0) is 19.3 Å². The number of rotatable bonds is 6. The highest BCUT2D eigenvalue weighted by atomic mass is 32.2. The van der Waals surface area contributed by atoms with Crippen LogP contribution in [0, 0.1) is 0 Å². The molecule has 0 radical (unpaired) electrons. The number of nitrogens with zero attached hydrogens (tertiary/aromatic N) is 3. The number of anilines is 1. The molecule has 0 aliphatic rings. The molecule has 1 N–H and O–H groups in total. The van der Waals surface area contributed by atoms with Gasteiger partial charge in [-0.25, -0.2) is 14.8 Å². The van der Waals surface area contributed by atoms with E-state index in [0.29, 0.717) is 17.6 Å². The summed E-state index contributed by atoms with van der Waals surface area (Å²) < 4.78 is 0. The monoisotopic (exact) mass is 267 g/mol. The molecule has 0 aromatic carbocycles. The SMILES string of the molecule is CSCC(C)N(C)c1ncc(/C=C/C(=O)O)cn1. The Morgan fingerprint density at radius 2 is 2.17 bits per heavy atom. The summed E-state index contributed by atoms with van der Waals surface area (Å²) in [5, 5.41) is 8.51. The lowest BCUT2D eigenvalue weighted by molar-refractivity contribution is -0.131. The fourth-order valence-electron chi connectivity index (χ4n) is 1.32. The van der Waals surface area contributed by atoms with Crippen LogP contribution in [0.4, 0.5) is 5.95 Å². The lowest BCUT2D eigenvalue weighted by atomic mass is 10.3. The number of carboxylic acids is 1. The lowest BCUT2D eigenvalue weighted by Gasteiger charge is -2.23. The Kier molecular flexibility index (Phi) is 5.64. The van der Waals surface area contributed by atoms with E-state index in [4.69, 9.17) is 5.11 Å². The molecule has 5 nitrogen and oxygen atoms in total. The predicted molar refractivity (Wildman–Crippen MR) is 74.9 cm³/mol. The highest BCUT2D eigenvalue weighted by Crippen LogP contribution is 2.12. The zero-order chi connectivity index (χ0) is 13.5. The van der Waals surface area contributed by atoms with Crippen LogP contribution in [0.5, 0.6) is 0 Å². The van der Waals surface area contributed by atoms with Crippen LogP contribution in [-0.4, -0.2) is 46.1 Å². The summed E-state index contributed by atoms with van der Waals surface area (Å²) in [6.45, 7) is 2.11. The van der Waals surface area contributed by atoms with E-state index < -0.39 is 5.97 Å². The average molecular weight is 267 g/mol. The molecular formula is C12H17N3O2S. The molecule has 0 fully saturated rings. The van der Waals surface area contributed by atoms with Crippen molar-refractivity contribution in [1.82, 2.24) is 9.97 Å². The molecule has 6 heteroatoms. The van der Waals surface area contributed by atoms with E-state index in [1.165, 1.54) is 6.08 Å².